The first kappa shape index (κ1) is 32.7. The second-order valence-corrected chi connectivity index (χ2v) is 14.3. The highest BCUT2D eigenvalue weighted by Crippen LogP contribution is 2.45. The SMILES string of the molecule is c1ccc(-c2c3ccccc3c(-c3ccccc3)c3cc(-c4ccc(-c5cc(-c6ccc7c(c6)c6cnccc6n7-c6ccccc6)ncn5)cn4)ccc23)cc1. The largest absolute Gasteiger partial charge is 0.309 e. The molecular weight excluding hydrogens is 695 g/mol. The normalized spacial score (nSPS) is 11.5. The number of pyridine rings is 2. The summed E-state index contributed by atoms with van der Waals surface area (Å²) in [5.74, 6) is 0. The fourth-order valence-corrected chi connectivity index (χ4v) is 8.44. The minimum absolute atomic E-state index is 0.816. The van der Waals surface area contributed by atoms with Gasteiger partial charge in [0, 0.05) is 51.7 Å². The van der Waals surface area contributed by atoms with Gasteiger partial charge in [0.25, 0.3) is 0 Å². The molecule has 57 heavy (non-hydrogen) atoms. The van der Waals surface area contributed by atoms with E-state index in [-0.39, 0.29) is 0 Å². The Morgan fingerprint density at radius 2 is 0.895 bits per heavy atom. The molecule has 0 atom stereocenters. The van der Waals surface area contributed by atoms with Crippen LogP contribution in [-0.2, 0) is 0 Å². The Kier molecular flexibility index (Phi) is 7.74. The second-order valence-electron chi connectivity index (χ2n) is 14.3. The first-order valence-corrected chi connectivity index (χ1v) is 19.1. The van der Waals surface area contributed by atoms with E-state index in [1.54, 1.807) is 6.33 Å². The van der Waals surface area contributed by atoms with Crippen molar-refractivity contribution in [3.05, 3.63) is 201 Å². The van der Waals surface area contributed by atoms with Crippen LogP contribution in [0.5, 0.6) is 0 Å². The summed E-state index contributed by atoms with van der Waals surface area (Å²) in [7, 11) is 0. The summed E-state index contributed by atoms with van der Waals surface area (Å²) >= 11 is 0. The van der Waals surface area contributed by atoms with Gasteiger partial charge >= 0.3 is 0 Å². The van der Waals surface area contributed by atoms with Gasteiger partial charge in [-0.2, -0.15) is 0 Å². The lowest BCUT2D eigenvalue weighted by atomic mass is 9.85. The molecule has 0 aliphatic heterocycles. The van der Waals surface area contributed by atoms with Crippen molar-refractivity contribution in [3.8, 4) is 61.7 Å². The van der Waals surface area contributed by atoms with E-state index in [0.717, 1.165) is 61.3 Å². The van der Waals surface area contributed by atoms with Gasteiger partial charge < -0.3 is 4.57 Å². The first-order chi connectivity index (χ1) is 28.3. The number of benzene rings is 7. The van der Waals surface area contributed by atoms with Crippen LogP contribution < -0.4 is 0 Å². The van der Waals surface area contributed by atoms with Gasteiger partial charge in [0.15, 0.2) is 0 Å². The number of fused-ring (bicyclic) bond motifs is 5. The zero-order valence-corrected chi connectivity index (χ0v) is 30.8. The van der Waals surface area contributed by atoms with Crippen molar-refractivity contribution in [1.29, 1.82) is 0 Å². The van der Waals surface area contributed by atoms with Gasteiger partial charge in [-0.15, -0.1) is 0 Å². The third-order valence-corrected chi connectivity index (χ3v) is 11.0. The molecule has 0 unspecified atom stereocenters. The first-order valence-electron chi connectivity index (χ1n) is 19.1. The molecule has 0 N–H and O–H groups in total. The Hall–Kier alpha value is -7.76. The molecule has 11 rings (SSSR count). The predicted molar refractivity (Wildman–Crippen MR) is 234 cm³/mol. The lowest BCUT2D eigenvalue weighted by Crippen LogP contribution is -1.94. The fourth-order valence-electron chi connectivity index (χ4n) is 8.44. The monoisotopic (exact) mass is 727 g/mol. The van der Waals surface area contributed by atoms with Crippen LogP contribution in [-0.4, -0.2) is 24.5 Å². The number of nitrogens with zero attached hydrogens (tertiary/aromatic N) is 5. The van der Waals surface area contributed by atoms with Gasteiger partial charge in [-0.1, -0.05) is 121 Å². The lowest BCUT2D eigenvalue weighted by Gasteiger charge is -2.18. The molecule has 0 amide bonds. The highest BCUT2D eigenvalue weighted by atomic mass is 15.0. The average molecular weight is 728 g/mol. The number of para-hydroxylation sites is 1. The average Bonchev–Trinajstić information content (AvgIpc) is 3.62. The zero-order valence-electron chi connectivity index (χ0n) is 30.8. The van der Waals surface area contributed by atoms with Crippen LogP contribution in [0.15, 0.2) is 201 Å². The number of aromatic nitrogens is 5. The molecule has 7 aromatic carbocycles. The standard InChI is InChI=1S/C52H33N5/c1-4-12-34(13-5-1)51-40-18-10-11-19-41(40)52(35-14-6-2-7-15-35)44-29-36(20-23-42(44)51)46-24-21-38(31-54-46)48-30-47(55-33-56-48)37-22-25-49-43(28-37)45-32-53-27-26-50(45)57(49)39-16-8-3-9-17-39/h1-33H. The van der Waals surface area contributed by atoms with Crippen LogP contribution >= 0.6 is 0 Å². The van der Waals surface area contributed by atoms with Crippen LogP contribution in [0.1, 0.15) is 0 Å². The van der Waals surface area contributed by atoms with Crippen molar-refractivity contribution in [2.24, 2.45) is 0 Å². The zero-order chi connectivity index (χ0) is 37.7. The number of hydrogen-bond acceptors (Lipinski definition) is 4. The van der Waals surface area contributed by atoms with Gasteiger partial charge in [0.1, 0.15) is 6.33 Å². The lowest BCUT2D eigenvalue weighted by molar-refractivity contribution is 1.17. The third kappa shape index (κ3) is 5.56. The fraction of sp³-hybridized carbons (Fsp3) is 0. The summed E-state index contributed by atoms with van der Waals surface area (Å²) in [4.78, 5) is 18.9. The molecule has 4 heterocycles. The Labute approximate surface area is 329 Å². The van der Waals surface area contributed by atoms with E-state index in [9.17, 15) is 0 Å². The van der Waals surface area contributed by atoms with Crippen LogP contribution in [0.25, 0.3) is 105 Å². The highest BCUT2D eigenvalue weighted by Gasteiger charge is 2.18. The van der Waals surface area contributed by atoms with Crippen molar-refractivity contribution >= 4 is 43.4 Å². The topological polar surface area (TPSA) is 56.5 Å². The molecule has 5 heteroatoms. The summed E-state index contributed by atoms with van der Waals surface area (Å²) in [6.07, 6.45) is 7.35. The molecule has 0 fully saturated rings. The Balaban J connectivity index is 0.988. The molecule has 0 saturated carbocycles. The molecule has 266 valence electrons. The maximum Gasteiger partial charge on any atom is 0.116 e. The van der Waals surface area contributed by atoms with E-state index < -0.39 is 0 Å². The van der Waals surface area contributed by atoms with Crippen LogP contribution in [0.3, 0.4) is 0 Å². The van der Waals surface area contributed by atoms with E-state index in [1.807, 2.05) is 30.7 Å². The van der Waals surface area contributed by atoms with Crippen molar-refractivity contribution in [3.63, 3.8) is 0 Å². The van der Waals surface area contributed by atoms with E-state index in [4.69, 9.17) is 9.97 Å². The van der Waals surface area contributed by atoms with Crippen molar-refractivity contribution in [2.75, 3.05) is 0 Å². The minimum Gasteiger partial charge on any atom is -0.309 e. The van der Waals surface area contributed by atoms with E-state index in [1.165, 1.54) is 43.8 Å². The maximum absolute atomic E-state index is 5.02. The number of rotatable bonds is 6. The van der Waals surface area contributed by atoms with Gasteiger partial charge in [0.2, 0.25) is 0 Å². The molecule has 11 aromatic rings. The molecule has 0 bridgehead atoms. The molecule has 0 radical (unpaired) electrons. The summed E-state index contributed by atoms with van der Waals surface area (Å²) in [6, 6.07) is 62.3. The van der Waals surface area contributed by atoms with Crippen molar-refractivity contribution in [2.45, 2.75) is 0 Å². The molecule has 0 aliphatic rings. The Morgan fingerprint density at radius 1 is 0.333 bits per heavy atom. The third-order valence-electron chi connectivity index (χ3n) is 11.0. The number of hydrogen-bond donors (Lipinski definition) is 0. The van der Waals surface area contributed by atoms with E-state index in [0.29, 0.717) is 0 Å². The van der Waals surface area contributed by atoms with Gasteiger partial charge in [-0.3, -0.25) is 9.97 Å². The smallest absolute Gasteiger partial charge is 0.116 e. The van der Waals surface area contributed by atoms with Crippen LogP contribution in [0.2, 0.25) is 0 Å². The molecule has 4 aromatic heterocycles. The molecule has 0 spiro atoms. The van der Waals surface area contributed by atoms with Gasteiger partial charge in [-0.05, 0) is 98.4 Å². The quantitative estimate of drug-likeness (QED) is 0.160. The maximum atomic E-state index is 5.02. The summed E-state index contributed by atoms with van der Waals surface area (Å²) in [6.45, 7) is 0. The Bertz CT molecular complexity index is 3270. The Morgan fingerprint density at radius 3 is 1.60 bits per heavy atom. The summed E-state index contributed by atoms with van der Waals surface area (Å²) < 4.78 is 2.29. The van der Waals surface area contributed by atoms with Gasteiger partial charge in [-0.25, -0.2) is 9.97 Å². The molecule has 0 saturated heterocycles. The molecule has 0 aliphatic carbocycles. The second kappa shape index (κ2) is 13.5. The molecule has 5 nitrogen and oxygen atoms in total. The van der Waals surface area contributed by atoms with Crippen LogP contribution in [0, 0.1) is 0 Å². The van der Waals surface area contributed by atoms with Crippen LogP contribution in [0.4, 0.5) is 0 Å². The van der Waals surface area contributed by atoms with E-state index in [2.05, 4.69) is 178 Å². The van der Waals surface area contributed by atoms with Gasteiger partial charge in [0.05, 0.1) is 28.1 Å². The summed E-state index contributed by atoms with van der Waals surface area (Å²) in [5.41, 5.74) is 13.8. The van der Waals surface area contributed by atoms with Crippen molar-refractivity contribution in [1.82, 2.24) is 24.5 Å². The summed E-state index contributed by atoms with van der Waals surface area (Å²) in [5, 5.41) is 7.11. The minimum atomic E-state index is 0.816. The predicted octanol–water partition coefficient (Wildman–Crippen LogP) is 13.0. The molecular formula is C52H33N5. The van der Waals surface area contributed by atoms with Crippen molar-refractivity contribution < 1.29 is 0 Å². The highest BCUT2D eigenvalue weighted by molar-refractivity contribution is 6.22. The van der Waals surface area contributed by atoms with E-state index >= 15 is 0 Å².